The molecule has 0 spiro atoms. The van der Waals surface area contributed by atoms with Crippen molar-refractivity contribution in [2.45, 2.75) is 13.2 Å². The fourth-order valence-corrected chi connectivity index (χ4v) is 2.80. The van der Waals surface area contributed by atoms with Crippen molar-refractivity contribution in [1.82, 2.24) is 15.1 Å². The van der Waals surface area contributed by atoms with Gasteiger partial charge in [0, 0.05) is 32.0 Å². The molecule has 0 atom stereocenters. The van der Waals surface area contributed by atoms with Crippen LogP contribution < -0.4 is 15.5 Å². The molecule has 0 aliphatic carbocycles. The van der Waals surface area contributed by atoms with Crippen molar-refractivity contribution < 1.29 is 23.4 Å². The monoisotopic (exact) mass is 427 g/mol. The summed E-state index contributed by atoms with van der Waals surface area (Å²) in [5.41, 5.74) is 0.157. The van der Waals surface area contributed by atoms with Gasteiger partial charge in [-0.05, 0) is 17.7 Å². The van der Waals surface area contributed by atoms with E-state index in [1.807, 2.05) is 30.3 Å². The second-order valence-electron chi connectivity index (χ2n) is 6.54. The maximum atomic E-state index is 14.8. The SMILES string of the molecule is COCNC(=O)c1nn(-c2ccc(OCc3ccccc3)cc2F)cc(COC)c1=O. The van der Waals surface area contributed by atoms with Crippen molar-refractivity contribution in [2.24, 2.45) is 0 Å². The molecule has 0 aliphatic rings. The highest BCUT2D eigenvalue weighted by Crippen LogP contribution is 2.20. The smallest absolute Gasteiger partial charge is 0.277 e. The van der Waals surface area contributed by atoms with E-state index in [1.54, 1.807) is 6.07 Å². The van der Waals surface area contributed by atoms with Crippen LogP contribution >= 0.6 is 0 Å². The maximum absolute atomic E-state index is 14.8. The molecule has 3 rings (SSSR count). The Labute approximate surface area is 178 Å². The molecule has 1 heterocycles. The molecule has 1 N–H and O–H groups in total. The van der Waals surface area contributed by atoms with Gasteiger partial charge in [-0.2, -0.15) is 5.10 Å². The molecule has 9 heteroatoms. The summed E-state index contributed by atoms with van der Waals surface area (Å²) in [6, 6.07) is 13.8. The standard InChI is InChI=1S/C22H22FN3O5/c1-29-13-16-11-26(25-20(21(16)27)22(28)24-14-30-2)19-9-8-17(10-18(19)23)31-12-15-6-4-3-5-7-15/h3-11H,12-14H2,1-2H3,(H,24,28). The van der Waals surface area contributed by atoms with Gasteiger partial charge in [0.25, 0.3) is 5.91 Å². The molecular formula is C22H22FN3O5. The number of rotatable bonds is 9. The van der Waals surface area contributed by atoms with Crippen LogP contribution in [0.4, 0.5) is 4.39 Å². The minimum absolute atomic E-state index is 0.0465. The first kappa shape index (κ1) is 22.1. The van der Waals surface area contributed by atoms with Crippen LogP contribution in [0.15, 0.2) is 59.5 Å². The van der Waals surface area contributed by atoms with Crippen LogP contribution in [0, 0.1) is 5.82 Å². The zero-order valence-electron chi connectivity index (χ0n) is 17.1. The molecule has 8 nitrogen and oxygen atoms in total. The van der Waals surface area contributed by atoms with E-state index >= 15 is 0 Å². The van der Waals surface area contributed by atoms with E-state index in [0.29, 0.717) is 5.75 Å². The number of benzene rings is 2. The lowest BCUT2D eigenvalue weighted by Gasteiger charge is -2.13. The van der Waals surface area contributed by atoms with Gasteiger partial charge in [-0.15, -0.1) is 0 Å². The number of nitrogens with one attached hydrogen (secondary N) is 1. The van der Waals surface area contributed by atoms with Gasteiger partial charge in [0.05, 0.1) is 6.61 Å². The van der Waals surface area contributed by atoms with E-state index in [9.17, 15) is 14.0 Å². The minimum Gasteiger partial charge on any atom is -0.489 e. The van der Waals surface area contributed by atoms with Crippen molar-refractivity contribution >= 4 is 5.91 Å². The van der Waals surface area contributed by atoms with Crippen LogP contribution in [-0.2, 0) is 22.7 Å². The zero-order valence-corrected chi connectivity index (χ0v) is 17.1. The number of amides is 1. The van der Waals surface area contributed by atoms with Gasteiger partial charge >= 0.3 is 0 Å². The Kier molecular flexibility index (Phi) is 7.47. The second kappa shape index (κ2) is 10.5. The Balaban J connectivity index is 1.90. The highest BCUT2D eigenvalue weighted by atomic mass is 19.1. The predicted octanol–water partition coefficient (Wildman–Crippen LogP) is 2.43. The lowest BCUT2D eigenvalue weighted by atomic mass is 10.2. The topological polar surface area (TPSA) is 91.7 Å². The average molecular weight is 427 g/mol. The molecule has 0 radical (unpaired) electrons. The van der Waals surface area contributed by atoms with Crippen molar-refractivity contribution in [1.29, 1.82) is 0 Å². The van der Waals surface area contributed by atoms with Crippen molar-refractivity contribution in [3.05, 3.63) is 87.6 Å². The van der Waals surface area contributed by atoms with Crippen LogP contribution in [-0.4, -0.2) is 36.6 Å². The number of ether oxygens (including phenoxy) is 3. The molecule has 31 heavy (non-hydrogen) atoms. The molecule has 0 bridgehead atoms. The van der Waals surface area contributed by atoms with Gasteiger partial charge in [-0.3, -0.25) is 9.59 Å². The van der Waals surface area contributed by atoms with E-state index in [1.165, 1.54) is 32.5 Å². The highest BCUT2D eigenvalue weighted by molar-refractivity contribution is 5.92. The summed E-state index contributed by atoms with van der Waals surface area (Å²) in [5.74, 6) is -1.03. The highest BCUT2D eigenvalue weighted by Gasteiger charge is 2.18. The largest absolute Gasteiger partial charge is 0.489 e. The number of nitrogens with zero attached hydrogens (tertiary/aromatic N) is 2. The van der Waals surface area contributed by atoms with E-state index < -0.39 is 22.8 Å². The third-order valence-corrected chi connectivity index (χ3v) is 4.30. The summed E-state index contributed by atoms with van der Waals surface area (Å²) in [6.45, 7) is 0.125. The maximum Gasteiger partial charge on any atom is 0.277 e. The Morgan fingerprint density at radius 1 is 1.10 bits per heavy atom. The minimum atomic E-state index is -0.734. The predicted molar refractivity (Wildman–Crippen MR) is 111 cm³/mol. The van der Waals surface area contributed by atoms with E-state index in [-0.39, 0.29) is 31.2 Å². The van der Waals surface area contributed by atoms with Crippen molar-refractivity contribution in [3.63, 3.8) is 0 Å². The summed E-state index contributed by atoms with van der Waals surface area (Å²) in [4.78, 5) is 24.8. The Morgan fingerprint density at radius 2 is 1.87 bits per heavy atom. The summed E-state index contributed by atoms with van der Waals surface area (Å²) >= 11 is 0. The van der Waals surface area contributed by atoms with E-state index in [0.717, 1.165) is 10.2 Å². The fourth-order valence-electron chi connectivity index (χ4n) is 2.80. The van der Waals surface area contributed by atoms with Crippen LogP contribution in [0.25, 0.3) is 5.69 Å². The number of carbonyl (C=O) groups is 1. The van der Waals surface area contributed by atoms with E-state index in [2.05, 4.69) is 10.4 Å². The zero-order chi connectivity index (χ0) is 22.2. The third-order valence-electron chi connectivity index (χ3n) is 4.30. The third kappa shape index (κ3) is 5.53. The summed E-state index contributed by atoms with van der Waals surface area (Å²) < 4.78 is 31.4. The van der Waals surface area contributed by atoms with Gasteiger partial charge in [-0.1, -0.05) is 30.3 Å². The van der Waals surface area contributed by atoms with Gasteiger partial charge in [0.1, 0.15) is 24.8 Å². The van der Waals surface area contributed by atoms with E-state index in [4.69, 9.17) is 14.2 Å². The van der Waals surface area contributed by atoms with Gasteiger partial charge in [0.2, 0.25) is 5.43 Å². The molecule has 162 valence electrons. The molecule has 0 saturated carbocycles. The Hall–Kier alpha value is -3.56. The molecule has 0 fully saturated rings. The molecule has 0 unspecified atom stereocenters. The molecule has 2 aromatic carbocycles. The number of hydrogen-bond donors (Lipinski definition) is 1. The Morgan fingerprint density at radius 3 is 2.55 bits per heavy atom. The van der Waals surface area contributed by atoms with Crippen LogP contribution in [0.1, 0.15) is 21.6 Å². The molecule has 1 aromatic heterocycles. The van der Waals surface area contributed by atoms with Crippen LogP contribution in [0.3, 0.4) is 0 Å². The van der Waals surface area contributed by atoms with Gasteiger partial charge < -0.3 is 19.5 Å². The normalized spacial score (nSPS) is 10.7. The number of halogens is 1. The van der Waals surface area contributed by atoms with Gasteiger partial charge in [0.15, 0.2) is 11.5 Å². The molecule has 3 aromatic rings. The summed E-state index contributed by atoms with van der Waals surface area (Å²) in [6.07, 6.45) is 1.34. The van der Waals surface area contributed by atoms with Crippen LogP contribution in [0.2, 0.25) is 0 Å². The number of aromatic nitrogens is 2. The van der Waals surface area contributed by atoms with Crippen molar-refractivity contribution in [2.75, 3.05) is 21.0 Å². The molecule has 1 amide bonds. The first-order chi connectivity index (χ1) is 15.0. The number of carbonyl (C=O) groups excluding carboxylic acids is 1. The lowest BCUT2D eigenvalue weighted by molar-refractivity contribution is 0.0863. The first-order valence-electron chi connectivity index (χ1n) is 9.39. The quantitative estimate of drug-likeness (QED) is 0.528. The lowest BCUT2D eigenvalue weighted by Crippen LogP contribution is -2.34. The molecule has 0 aliphatic heterocycles. The summed E-state index contributed by atoms with van der Waals surface area (Å²) in [7, 11) is 2.80. The van der Waals surface area contributed by atoms with Crippen LogP contribution in [0.5, 0.6) is 5.75 Å². The number of methoxy groups -OCH3 is 2. The summed E-state index contributed by atoms with van der Waals surface area (Å²) in [5, 5.41) is 6.42. The fraction of sp³-hybridized carbons (Fsp3) is 0.227. The molecular weight excluding hydrogens is 405 g/mol. The number of hydrogen-bond acceptors (Lipinski definition) is 6. The Bertz CT molecular complexity index is 1100. The average Bonchev–Trinajstić information content (AvgIpc) is 2.78. The second-order valence-corrected chi connectivity index (χ2v) is 6.54. The van der Waals surface area contributed by atoms with Crippen molar-refractivity contribution in [3.8, 4) is 11.4 Å². The molecule has 0 saturated heterocycles. The first-order valence-corrected chi connectivity index (χ1v) is 9.39. The van der Waals surface area contributed by atoms with Gasteiger partial charge in [-0.25, -0.2) is 9.07 Å².